The van der Waals surface area contributed by atoms with Crippen LogP contribution in [0, 0.1) is 17.5 Å². The van der Waals surface area contributed by atoms with Crippen LogP contribution in [0.15, 0.2) is 23.1 Å². The van der Waals surface area contributed by atoms with E-state index in [2.05, 4.69) is 4.98 Å². The predicted octanol–water partition coefficient (Wildman–Crippen LogP) is 3.47. The molecule has 0 radical (unpaired) electrons. The van der Waals surface area contributed by atoms with Crippen molar-refractivity contribution in [2.75, 3.05) is 0 Å². The lowest BCUT2D eigenvalue weighted by Crippen LogP contribution is -2.25. The van der Waals surface area contributed by atoms with Crippen LogP contribution in [-0.2, 0) is 6.54 Å². The summed E-state index contributed by atoms with van der Waals surface area (Å²) in [5.41, 5.74) is -0.357. The Kier molecular flexibility index (Phi) is 4.16. The number of rotatable bonds is 3. The van der Waals surface area contributed by atoms with Crippen LogP contribution in [0.1, 0.15) is 32.3 Å². The zero-order valence-corrected chi connectivity index (χ0v) is 12.0. The lowest BCUT2D eigenvalue weighted by atomic mass is 9.97. The Morgan fingerprint density at radius 3 is 2.24 bits per heavy atom. The van der Waals surface area contributed by atoms with Gasteiger partial charge in [-0.05, 0) is 18.4 Å². The third-order valence-electron chi connectivity index (χ3n) is 3.27. The molecule has 0 N–H and O–H groups in total. The SMILES string of the molecule is CCn1c(-c2c(F)cc(F)cc2F)c(C(C)C)cnc1=O. The highest BCUT2D eigenvalue weighted by Gasteiger charge is 2.22. The van der Waals surface area contributed by atoms with Gasteiger partial charge in [-0.3, -0.25) is 4.57 Å². The molecular weight excluding hydrogens is 281 g/mol. The van der Waals surface area contributed by atoms with Crippen LogP contribution in [0.25, 0.3) is 11.3 Å². The monoisotopic (exact) mass is 296 g/mol. The highest BCUT2D eigenvalue weighted by Crippen LogP contribution is 2.32. The average molecular weight is 296 g/mol. The van der Waals surface area contributed by atoms with Gasteiger partial charge in [0.15, 0.2) is 0 Å². The van der Waals surface area contributed by atoms with Gasteiger partial charge < -0.3 is 0 Å². The molecule has 2 aromatic rings. The molecule has 0 unspecified atom stereocenters. The van der Waals surface area contributed by atoms with Crippen LogP contribution in [-0.4, -0.2) is 9.55 Å². The second-order valence-electron chi connectivity index (χ2n) is 4.99. The smallest absolute Gasteiger partial charge is 0.292 e. The van der Waals surface area contributed by atoms with Crippen molar-refractivity contribution < 1.29 is 13.2 Å². The van der Waals surface area contributed by atoms with E-state index in [9.17, 15) is 18.0 Å². The summed E-state index contributed by atoms with van der Waals surface area (Å²) in [6.07, 6.45) is 1.32. The van der Waals surface area contributed by atoms with Crippen LogP contribution in [0.4, 0.5) is 13.2 Å². The summed E-state index contributed by atoms with van der Waals surface area (Å²) in [7, 11) is 0. The minimum absolute atomic E-state index is 0.102. The van der Waals surface area contributed by atoms with Crippen molar-refractivity contribution in [2.45, 2.75) is 33.2 Å². The molecule has 0 spiro atoms. The lowest BCUT2D eigenvalue weighted by Gasteiger charge is -2.18. The van der Waals surface area contributed by atoms with Crippen molar-refractivity contribution in [3.8, 4) is 11.3 Å². The largest absolute Gasteiger partial charge is 0.347 e. The van der Waals surface area contributed by atoms with Crippen LogP contribution in [0.5, 0.6) is 0 Å². The summed E-state index contributed by atoms with van der Waals surface area (Å²) in [5.74, 6) is -3.18. The van der Waals surface area contributed by atoms with E-state index in [0.717, 1.165) is 0 Å². The van der Waals surface area contributed by atoms with Gasteiger partial charge in [0.25, 0.3) is 0 Å². The van der Waals surface area contributed by atoms with Gasteiger partial charge in [0.05, 0.1) is 11.3 Å². The fraction of sp³-hybridized carbons (Fsp3) is 0.333. The molecule has 6 heteroatoms. The minimum atomic E-state index is -1.04. The summed E-state index contributed by atoms with van der Waals surface area (Å²) < 4.78 is 42.4. The molecule has 1 heterocycles. The molecule has 0 saturated heterocycles. The Morgan fingerprint density at radius 1 is 1.19 bits per heavy atom. The van der Waals surface area contributed by atoms with Gasteiger partial charge in [-0.2, -0.15) is 0 Å². The summed E-state index contributed by atoms with van der Waals surface area (Å²) in [6.45, 7) is 5.53. The van der Waals surface area contributed by atoms with Crippen LogP contribution >= 0.6 is 0 Å². The van der Waals surface area contributed by atoms with E-state index in [-0.39, 0.29) is 18.2 Å². The normalized spacial score (nSPS) is 11.2. The third kappa shape index (κ3) is 2.70. The van der Waals surface area contributed by atoms with Gasteiger partial charge in [0.2, 0.25) is 0 Å². The van der Waals surface area contributed by atoms with E-state index in [1.54, 1.807) is 6.92 Å². The molecule has 0 saturated carbocycles. The Balaban J connectivity index is 2.91. The number of aromatic nitrogens is 2. The molecular formula is C15H15F3N2O. The van der Waals surface area contributed by atoms with E-state index in [1.807, 2.05) is 13.8 Å². The standard InChI is InChI=1S/C15H15F3N2O/c1-4-20-14(10(8(2)3)7-19-15(20)21)13-11(17)5-9(16)6-12(13)18/h5-8H,4H2,1-3H3. The first kappa shape index (κ1) is 15.3. The zero-order chi connectivity index (χ0) is 15.7. The maximum absolute atomic E-state index is 14.1. The van der Waals surface area contributed by atoms with E-state index < -0.39 is 28.7 Å². The molecule has 112 valence electrons. The van der Waals surface area contributed by atoms with Crippen molar-refractivity contribution in [3.05, 3.63) is 51.8 Å². The van der Waals surface area contributed by atoms with Gasteiger partial charge in [-0.1, -0.05) is 13.8 Å². The second-order valence-corrected chi connectivity index (χ2v) is 4.99. The molecule has 0 fully saturated rings. The van der Waals surface area contributed by atoms with E-state index in [4.69, 9.17) is 0 Å². The van der Waals surface area contributed by atoms with Gasteiger partial charge in [-0.15, -0.1) is 0 Å². The quantitative estimate of drug-likeness (QED) is 0.869. The summed E-state index contributed by atoms with van der Waals surface area (Å²) >= 11 is 0. The van der Waals surface area contributed by atoms with Crippen LogP contribution < -0.4 is 5.69 Å². The van der Waals surface area contributed by atoms with Crippen LogP contribution in [0.2, 0.25) is 0 Å². The van der Waals surface area contributed by atoms with Gasteiger partial charge >= 0.3 is 5.69 Å². The van der Waals surface area contributed by atoms with Crippen molar-refractivity contribution in [1.82, 2.24) is 9.55 Å². The van der Waals surface area contributed by atoms with E-state index >= 15 is 0 Å². The molecule has 0 amide bonds. The molecule has 2 rings (SSSR count). The molecule has 0 atom stereocenters. The maximum Gasteiger partial charge on any atom is 0.347 e. The highest BCUT2D eigenvalue weighted by atomic mass is 19.1. The lowest BCUT2D eigenvalue weighted by molar-refractivity contribution is 0.543. The van der Waals surface area contributed by atoms with Crippen molar-refractivity contribution in [2.24, 2.45) is 0 Å². The van der Waals surface area contributed by atoms with Crippen molar-refractivity contribution in [3.63, 3.8) is 0 Å². The molecule has 0 aliphatic carbocycles. The van der Waals surface area contributed by atoms with E-state index in [1.165, 1.54) is 10.8 Å². The molecule has 1 aromatic carbocycles. The Morgan fingerprint density at radius 2 is 1.76 bits per heavy atom. The van der Waals surface area contributed by atoms with Gasteiger partial charge in [0.1, 0.15) is 17.5 Å². The number of nitrogens with zero attached hydrogens (tertiary/aromatic N) is 2. The number of hydrogen-bond donors (Lipinski definition) is 0. The first-order valence-electron chi connectivity index (χ1n) is 6.61. The van der Waals surface area contributed by atoms with E-state index in [0.29, 0.717) is 17.7 Å². The molecule has 0 aliphatic rings. The Hall–Kier alpha value is -2.11. The van der Waals surface area contributed by atoms with Gasteiger partial charge in [-0.25, -0.2) is 22.9 Å². The minimum Gasteiger partial charge on any atom is -0.292 e. The molecule has 0 aliphatic heterocycles. The zero-order valence-electron chi connectivity index (χ0n) is 12.0. The summed E-state index contributed by atoms with van der Waals surface area (Å²) in [5, 5.41) is 0. The maximum atomic E-state index is 14.1. The third-order valence-corrected chi connectivity index (χ3v) is 3.27. The summed E-state index contributed by atoms with van der Waals surface area (Å²) in [6, 6.07) is 1.21. The fourth-order valence-electron chi connectivity index (χ4n) is 2.27. The molecule has 3 nitrogen and oxygen atoms in total. The predicted molar refractivity (Wildman–Crippen MR) is 73.6 cm³/mol. The Labute approximate surface area is 120 Å². The first-order valence-corrected chi connectivity index (χ1v) is 6.61. The fourth-order valence-corrected chi connectivity index (χ4v) is 2.27. The molecule has 21 heavy (non-hydrogen) atoms. The highest BCUT2D eigenvalue weighted by molar-refractivity contribution is 5.65. The molecule has 0 bridgehead atoms. The molecule has 1 aromatic heterocycles. The van der Waals surface area contributed by atoms with Crippen molar-refractivity contribution in [1.29, 1.82) is 0 Å². The number of hydrogen-bond acceptors (Lipinski definition) is 2. The Bertz CT molecular complexity index is 715. The topological polar surface area (TPSA) is 34.9 Å². The number of benzene rings is 1. The average Bonchev–Trinajstić information content (AvgIpc) is 2.37. The second kappa shape index (κ2) is 5.71. The van der Waals surface area contributed by atoms with Crippen molar-refractivity contribution >= 4 is 0 Å². The first-order chi connectivity index (χ1) is 9.86. The summed E-state index contributed by atoms with van der Waals surface area (Å²) in [4.78, 5) is 15.6. The van der Waals surface area contributed by atoms with Crippen LogP contribution in [0.3, 0.4) is 0 Å². The van der Waals surface area contributed by atoms with Gasteiger partial charge in [0, 0.05) is 24.9 Å². The number of halogens is 3.